The normalized spacial score (nSPS) is 12.5. The maximum atomic E-state index is 5.39. The van der Waals surface area contributed by atoms with E-state index < -0.39 is 5.41 Å². The first-order chi connectivity index (χ1) is 27.3. The summed E-state index contributed by atoms with van der Waals surface area (Å²) >= 11 is 0. The molecule has 0 unspecified atom stereocenters. The summed E-state index contributed by atoms with van der Waals surface area (Å²) in [5, 5.41) is 0. The van der Waals surface area contributed by atoms with Crippen molar-refractivity contribution in [2.45, 2.75) is 5.41 Å². The first-order valence-electron chi connectivity index (χ1n) is 18.8. The van der Waals surface area contributed by atoms with Crippen LogP contribution in [-0.2, 0) is 5.41 Å². The van der Waals surface area contributed by atoms with Gasteiger partial charge in [-0.3, -0.25) is 0 Å². The van der Waals surface area contributed by atoms with Crippen molar-refractivity contribution in [3.05, 3.63) is 241 Å². The second-order valence-corrected chi connectivity index (χ2v) is 14.1. The highest BCUT2D eigenvalue weighted by atomic mass is 14.9. The van der Waals surface area contributed by atoms with E-state index in [4.69, 9.17) is 9.97 Å². The molecule has 9 aromatic rings. The van der Waals surface area contributed by atoms with Gasteiger partial charge < -0.3 is 0 Å². The van der Waals surface area contributed by atoms with Crippen molar-refractivity contribution in [2.75, 3.05) is 0 Å². The van der Waals surface area contributed by atoms with Gasteiger partial charge in [-0.2, -0.15) is 0 Å². The molecule has 0 aliphatic heterocycles. The molecule has 8 aromatic carbocycles. The highest BCUT2D eigenvalue weighted by Crippen LogP contribution is 2.58. The number of aromatic nitrogens is 2. The molecule has 0 saturated carbocycles. The number of nitrogens with zero attached hydrogens (tertiary/aromatic N) is 2. The van der Waals surface area contributed by atoms with Crippen molar-refractivity contribution in [1.82, 2.24) is 9.97 Å². The molecule has 0 atom stereocenters. The van der Waals surface area contributed by atoms with Crippen LogP contribution in [0.15, 0.2) is 218 Å². The molecule has 0 amide bonds. The van der Waals surface area contributed by atoms with Gasteiger partial charge in [-0.25, -0.2) is 9.97 Å². The number of rotatable bonds is 7. The Morgan fingerprint density at radius 3 is 1.44 bits per heavy atom. The van der Waals surface area contributed by atoms with Crippen LogP contribution in [0.1, 0.15) is 22.3 Å². The third-order valence-corrected chi connectivity index (χ3v) is 11.0. The first-order valence-corrected chi connectivity index (χ1v) is 18.8. The van der Waals surface area contributed by atoms with E-state index in [0.717, 1.165) is 39.2 Å². The monoisotopic (exact) mass is 700 g/mol. The van der Waals surface area contributed by atoms with Crippen molar-refractivity contribution in [1.29, 1.82) is 0 Å². The van der Waals surface area contributed by atoms with E-state index in [2.05, 4.69) is 194 Å². The third-order valence-electron chi connectivity index (χ3n) is 11.0. The van der Waals surface area contributed by atoms with Gasteiger partial charge in [-0.05, 0) is 79.9 Å². The van der Waals surface area contributed by atoms with Gasteiger partial charge in [0.05, 0.1) is 16.8 Å². The lowest BCUT2D eigenvalue weighted by Gasteiger charge is -2.34. The molecule has 0 bridgehead atoms. The summed E-state index contributed by atoms with van der Waals surface area (Å²) in [6, 6.07) is 78.3. The standard InChI is InChI=1S/C53H36N2/c1-6-19-37(20-7-1)40-25-18-26-41(33-40)45-35-49-46(44-31-16-17-32-48(44)53(49,42-27-12-4-13-28-42)43-29-14-5-15-30-43)34-47(45)51-36-50(38-21-8-2-9-22-38)54-52(55-51)39-23-10-3-11-24-39/h1-36H. The fraction of sp³-hybridized carbons (Fsp3) is 0.0189. The highest BCUT2D eigenvalue weighted by molar-refractivity contribution is 5.95. The van der Waals surface area contributed by atoms with E-state index in [1.54, 1.807) is 0 Å². The molecule has 2 heteroatoms. The molecule has 1 aliphatic rings. The summed E-state index contributed by atoms with van der Waals surface area (Å²) in [7, 11) is 0. The second kappa shape index (κ2) is 13.7. The Morgan fingerprint density at radius 2 is 0.782 bits per heavy atom. The lowest BCUT2D eigenvalue weighted by atomic mass is 9.67. The predicted molar refractivity (Wildman–Crippen MR) is 227 cm³/mol. The Kier molecular flexibility index (Phi) is 8.08. The Morgan fingerprint density at radius 1 is 0.273 bits per heavy atom. The summed E-state index contributed by atoms with van der Waals surface area (Å²) in [6.45, 7) is 0. The van der Waals surface area contributed by atoms with Crippen LogP contribution in [0, 0.1) is 0 Å². The number of fused-ring (bicyclic) bond motifs is 3. The zero-order chi connectivity index (χ0) is 36.6. The molecule has 0 radical (unpaired) electrons. The number of hydrogen-bond donors (Lipinski definition) is 0. The maximum absolute atomic E-state index is 5.39. The molecule has 1 aromatic heterocycles. The van der Waals surface area contributed by atoms with Gasteiger partial charge in [0.15, 0.2) is 5.82 Å². The average Bonchev–Trinajstić information content (AvgIpc) is 3.57. The van der Waals surface area contributed by atoms with Gasteiger partial charge >= 0.3 is 0 Å². The molecule has 0 fully saturated rings. The average molecular weight is 701 g/mol. The van der Waals surface area contributed by atoms with Gasteiger partial charge in [0.2, 0.25) is 0 Å². The van der Waals surface area contributed by atoms with Crippen molar-refractivity contribution in [2.24, 2.45) is 0 Å². The molecular weight excluding hydrogens is 665 g/mol. The first kappa shape index (κ1) is 32.5. The van der Waals surface area contributed by atoms with Crippen LogP contribution >= 0.6 is 0 Å². The summed E-state index contributed by atoms with van der Waals surface area (Å²) in [6.07, 6.45) is 0. The summed E-state index contributed by atoms with van der Waals surface area (Å²) in [5.41, 5.74) is 16.4. The van der Waals surface area contributed by atoms with E-state index in [0.29, 0.717) is 5.82 Å². The van der Waals surface area contributed by atoms with Crippen molar-refractivity contribution in [3.8, 4) is 67.3 Å². The van der Waals surface area contributed by atoms with Crippen LogP contribution in [0.2, 0.25) is 0 Å². The SMILES string of the molecule is c1ccc(-c2cccc(-c3cc4c(cc3-c3cc(-c5ccccc5)nc(-c5ccccc5)n3)-c3ccccc3C4(c3ccccc3)c3ccccc3)c2)cc1. The van der Waals surface area contributed by atoms with Crippen LogP contribution in [-0.4, -0.2) is 9.97 Å². The van der Waals surface area contributed by atoms with Crippen LogP contribution < -0.4 is 0 Å². The Labute approximate surface area is 322 Å². The van der Waals surface area contributed by atoms with E-state index in [9.17, 15) is 0 Å². The summed E-state index contributed by atoms with van der Waals surface area (Å²) in [5.74, 6) is 0.699. The van der Waals surface area contributed by atoms with E-state index in [1.165, 1.54) is 44.5 Å². The predicted octanol–water partition coefficient (Wildman–Crippen LogP) is 13.2. The molecule has 2 nitrogen and oxygen atoms in total. The van der Waals surface area contributed by atoms with E-state index >= 15 is 0 Å². The van der Waals surface area contributed by atoms with Gasteiger partial charge in [0.1, 0.15) is 0 Å². The van der Waals surface area contributed by atoms with Crippen molar-refractivity contribution in [3.63, 3.8) is 0 Å². The van der Waals surface area contributed by atoms with Gasteiger partial charge in [-0.15, -0.1) is 0 Å². The van der Waals surface area contributed by atoms with Crippen molar-refractivity contribution < 1.29 is 0 Å². The fourth-order valence-corrected chi connectivity index (χ4v) is 8.49. The minimum Gasteiger partial charge on any atom is -0.228 e. The zero-order valence-electron chi connectivity index (χ0n) is 30.2. The third kappa shape index (κ3) is 5.59. The molecule has 55 heavy (non-hydrogen) atoms. The van der Waals surface area contributed by atoms with Crippen molar-refractivity contribution >= 4 is 0 Å². The maximum Gasteiger partial charge on any atom is 0.160 e. The largest absolute Gasteiger partial charge is 0.228 e. The van der Waals surface area contributed by atoms with Gasteiger partial charge in [0.25, 0.3) is 0 Å². The molecular formula is C53H36N2. The molecule has 0 N–H and O–H groups in total. The highest BCUT2D eigenvalue weighted by Gasteiger charge is 2.46. The lowest BCUT2D eigenvalue weighted by Crippen LogP contribution is -2.28. The molecule has 10 rings (SSSR count). The van der Waals surface area contributed by atoms with Crippen LogP contribution in [0.4, 0.5) is 0 Å². The number of benzene rings is 8. The van der Waals surface area contributed by atoms with Crippen LogP contribution in [0.3, 0.4) is 0 Å². The van der Waals surface area contributed by atoms with E-state index in [-0.39, 0.29) is 0 Å². The van der Waals surface area contributed by atoms with Gasteiger partial charge in [-0.1, -0.05) is 194 Å². The Bertz CT molecular complexity index is 2680. The van der Waals surface area contributed by atoms with Gasteiger partial charge in [0, 0.05) is 16.7 Å². The lowest BCUT2D eigenvalue weighted by molar-refractivity contribution is 0.769. The molecule has 1 heterocycles. The number of hydrogen-bond acceptors (Lipinski definition) is 2. The summed E-state index contributed by atoms with van der Waals surface area (Å²) in [4.78, 5) is 10.5. The molecule has 258 valence electrons. The van der Waals surface area contributed by atoms with Crippen LogP contribution in [0.5, 0.6) is 0 Å². The quantitative estimate of drug-likeness (QED) is 0.165. The van der Waals surface area contributed by atoms with Crippen LogP contribution in [0.25, 0.3) is 67.3 Å². The van der Waals surface area contributed by atoms with E-state index in [1.807, 2.05) is 24.3 Å². The minimum absolute atomic E-state index is 0.533. The smallest absolute Gasteiger partial charge is 0.160 e. The molecule has 0 spiro atoms. The zero-order valence-corrected chi connectivity index (χ0v) is 30.2. The Hall–Kier alpha value is -7.16. The Balaban J connectivity index is 1.32. The molecule has 0 saturated heterocycles. The topological polar surface area (TPSA) is 25.8 Å². The minimum atomic E-state index is -0.533. The summed E-state index contributed by atoms with van der Waals surface area (Å²) < 4.78 is 0. The molecule has 1 aliphatic carbocycles. The fourth-order valence-electron chi connectivity index (χ4n) is 8.49. The second-order valence-electron chi connectivity index (χ2n) is 14.1.